The van der Waals surface area contributed by atoms with Crippen molar-refractivity contribution in [2.24, 2.45) is 7.05 Å². The first-order valence-electron chi connectivity index (χ1n) is 5.15. The molecule has 0 aliphatic carbocycles. The minimum absolute atomic E-state index is 0.149. The molecule has 1 heterocycles. The van der Waals surface area contributed by atoms with Gasteiger partial charge in [0.05, 0.1) is 0 Å². The normalized spacial score (nSPS) is 10.1. The smallest absolute Gasteiger partial charge is 0.330 e. The maximum atomic E-state index is 11.7. The Morgan fingerprint density at radius 2 is 1.89 bits per heavy atom. The minimum atomic E-state index is -0.695. The number of benzene rings is 1. The van der Waals surface area contributed by atoms with Gasteiger partial charge in [-0.05, 0) is 12.1 Å². The summed E-state index contributed by atoms with van der Waals surface area (Å²) >= 11 is 0. The Balaban J connectivity index is 2.55. The first-order valence-corrected chi connectivity index (χ1v) is 5.15. The number of hydrogen-bond acceptors (Lipinski definition) is 4. The maximum Gasteiger partial charge on any atom is 0.330 e. The highest BCUT2D eigenvalue weighted by Crippen LogP contribution is 2.18. The number of aromatic amines is 1. The van der Waals surface area contributed by atoms with Crippen LogP contribution in [-0.4, -0.2) is 15.8 Å². The van der Waals surface area contributed by atoms with E-state index < -0.39 is 11.2 Å². The number of carbonyl (C=O) groups is 1. The van der Waals surface area contributed by atoms with Crippen LogP contribution in [0.4, 0.5) is 0 Å². The summed E-state index contributed by atoms with van der Waals surface area (Å²) in [6.45, 7) is 0. The highest BCUT2D eigenvalue weighted by molar-refractivity contribution is 5.77. The number of H-pyrrole nitrogens is 1. The van der Waals surface area contributed by atoms with E-state index >= 15 is 0 Å². The van der Waals surface area contributed by atoms with E-state index in [1.54, 1.807) is 30.3 Å². The molecule has 0 unspecified atom stereocenters. The van der Waals surface area contributed by atoms with Crippen molar-refractivity contribution in [1.82, 2.24) is 9.55 Å². The molecule has 0 saturated heterocycles. The van der Waals surface area contributed by atoms with Crippen LogP contribution in [0.25, 0.3) is 0 Å². The number of carbonyl (C=O) groups excluding carboxylic acids is 1. The van der Waals surface area contributed by atoms with E-state index in [4.69, 9.17) is 4.74 Å². The second-order valence-electron chi connectivity index (χ2n) is 3.57. The van der Waals surface area contributed by atoms with Crippen LogP contribution in [0.5, 0.6) is 11.6 Å². The lowest BCUT2D eigenvalue weighted by Gasteiger charge is -2.07. The fraction of sp³-hybridized carbons (Fsp3) is 0.0833. The maximum absolute atomic E-state index is 11.7. The van der Waals surface area contributed by atoms with E-state index in [1.807, 2.05) is 0 Å². The Kier molecular flexibility index (Phi) is 3.09. The third-order valence-corrected chi connectivity index (χ3v) is 2.39. The molecule has 0 aliphatic rings. The van der Waals surface area contributed by atoms with Gasteiger partial charge in [0.25, 0.3) is 5.56 Å². The van der Waals surface area contributed by atoms with Gasteiger partial charge in [-0.15, -0.1) is 0 Å². The van der Waals surface area contributed by atoms with Gasteiger partial charge in [-0.1, -0.05) is 18.2 Å². The molecule has 6 heteroatoms. The molecule has 6 nitrogen and oxygen atoms in total. The van der Waals surface area contributed by atoms with Gasteiger partial charge in [0.2, 0.25) is 5.88 Å². The highest BCUT2D eigenvalue weighted by atomic mass is 16.5. The summed E-state index contributed by atoms with van der Waals surface area (Å²) in [6, 6.07) is 8.54. The molecule has 1 aromatic carbocycles. The molecule has 1 aromatic heterocycles. The molecule has 92 valence electrons. The van der Waals surface area contributed by atoms with Gasteiger partial charge in [-0.2, -0.15) is 0 Å². The molecular formula is C12H10N2O4. The Morgan fingerprint density at radius 3 is 2.50 bits per heavy atom. The first kappa shape index (κ1) is 11.8. The fourth-order valence-corrected chi connectivity index (χ4v) is 1.41. The summed E-state index contributed by atoms with van der Waals surface area (Å²) in [5.41, 5.74) is -1.56. The van der Waals surface area contributed by atoms with Crippen molar-refractivity contribution in [3.8, 4) is 11.6 Å². The molecule has 0 amide bonds. The predicted octanol–water partition coefficient (Wildman–Crippen LogP) is 0.678. The van der Waals surface area contributed by atoms with E-state index in [-0.39, 0.29) is 11.4 Å². The van der Waals surface area contributed by atoms with Crippen LogP contribution >= 0.6 is 0 Å². The number of nitrogens with zero attached hydrogens (tertiary/aromatic N) is 1. The predicted molar refractivity (Wildman–Crippen MR) is 64.2 cm³/mol. The average Bonchev–Trinajstić information content (AvgIpc) is 2.38. The highest BCUT2D eigenvalue weighted by Gasteiger charge is 2.13. The van der Waals surface area contributed by atoms with Crippen molar-refractivity contribution >= 4 is 6.29 Å². The van der Waals surface area contributed by atoms with Gasteiger partial charge < -0.3 is 4.74 Å². The van der Waals surface area contributed by atoms with Crippen molar-refractivity contribution in [2.75, 3.05) is 0 Å². The zero-order valence-corrected chi connectivity index (χ0v) is 9.54. The SMILES string of the molecule is Cn1c(=O)[nH]c(Oc2ccccc2)c(C=O)c1=O. The molecular weight excluding hydrogens is 236 g/mol. The largest absolute Gasteiger partial charge is 0.440 e. The number of rotatable bonds is 3. The Labute approximate surface area is 101 Å². The molecule has 18 heavy (non-hydrogen) atoms. The second kappa shape index (κ2) is 4.70. The molecule has 0 radical (unpaired) electrons. The van der Waals surface area contributed by atoms with Crippen LogP contribution in [0.2, 0.25) is 0 Å². The topological polar surface area (TPSA) is 81.2 Å². The van der Waals surface area contributed by atoms with E-state index in [1.165, 1.54) is 7.05 Å². The Bertz CT molecular complexity index is 685. The summed E-state index contributed by atoms with van der Waals surface area (Å²) in [4.78, 5) is 36.3. The van der Waals surface area contributed by atoms with Gasteiger partial charge in [0.15, 0.2) is 6.29 Å². The van der Waals surface area contributed by atoms with Gasteiger partial charge in [-0.3, -0.25) is 19.1 Å². The van der Waals surface area contributed by atoms with Crippen LogP contribution in [0.15, 0.2) is 39.9 Å². The third-order valence-electron chi connectivity index (χ3n) is 2.39. The number of aldehydes is 1. The van der Waals surface area contributed by atoms with Crippen molar-refractivity contribution in [3.63, 3.8) is 0 Å². The van der Waals surface area contributed by atoms with Gasteiger partial charge >= 0.3 is 5.69 Å². The monoisotopic (exact) mass is 246 g/mol. The Hall–Kier alpha value is -2.63. The first-order chi connectivity index (χ1) is 8.63. The van der Waals surface area contributed by atoms with Crippen LogP contribution < -0.4 is 16.0 Å². The fourth-order valence-electron chi connectivity index (χ4n) is 1.41. The van der Waals surface area contributed by atoms with Crippen LogP contribution in [0, 0.1) is 0 Å². The summed E-state index contributed by atoms with van der Waals surface area (Å²) in [6.07, 6.45) is 0.358. The molecule has 0 atom stereocenters. The second-order valence-corrected chi connectivity index (χ2v) is 3.57. The van der Waals surface area contributed by atoms with Crippen LogP contribution in [0.3, 0.4) is 0 Å². The molecule has 0 saturated carbocycles. The molecule has 0 aliphatic heterocycles. The number of aromatic nitrogens is 2. The van der Waals surface area contributed by atoms with Crippen molar-refractivity contribution in [1.29, 1.82) is 0 Å². The molecule has 1 N–H and O–H groups in total. The number of para-hydroxylation sites is 1. The molecule has 2 rings (SSSR count). The summed E-state index contributed by atoms with van der Waals surface area (Å²) in [5.74, 6) is 0.272. The molecule has 0 fully saturated rings. The summed E-state index contributed by atoms with van der Waals surface area (Å²) < 4.78 is 6.12. The van der Waals surface area contributed by atoms with Gasteiger partial charge in [-0.25, -0.2) is 4.79 Å². The summed E-state index contributed by atoms with van der Waals surface area (Å²) in [5, 5.41) is 0. The molecule has 0 spiro atoms. The number of hydrogen-bond donors (Lipinski definition) is 1. The molecule has 0 bridgehead atoms. The van der Waals surface area contributed by atoms with Gasteiger partial charge in [0, 0.05) is 7.05 Å². The number of ether oxygens (including phenoxy) is 1. The van der Waals surface area contributed by atoms with E-state index in [0.29, 0.717) is 12.0 Å². The summed E-state index contributed by atoms with van der Waals surface area (Å²) in [7, 11) is 1.28. The quantitative estimate of drug-likeness (QED) is 0.807. The lowest BCUT2D eigenvalue weighted by molar-refractivity contribution is 0.111. The van der Waals surface area contributed by atoms with Crippen LogP contribution in [-0.2, 0) is 7.05 Å². The standard InChI is InChI=1S/C12H10N2O4/c1-14-11(16)9(7-15)10(13-12(14)17)18-8-5-3-2-4-6-8/h2-7H,1H3,(H,13,17). The van der Waals surface area contributed by atoms with E-state index in [0.717, 1.165) is 4.57 Å². The minimum Gasteiger partial charge on any atom is -0.440 e. The van der Waals surface area contributed by atoms with Crippen LogP contribution in [0.1, 0.15) is 10.4 Å². The lowest BCUT2D eigenvalue weighted by Crippen LogP contribution is -2.35. The zero-order valence-electron chi connectivity index (χ0n) is 9.54. The van der Waals surface area contributed by atoms with E-state index in [2.05, 4.69) is 4.98 Å². The lowest BCUT2D eigenvalue weighted by atomic mass is 10.3. The zero-order chi connectivity index (χ0) is 13.1. The average molecular weight is 246 g/mol. The third kappa shape index (κ3) is 2.08. The number of nitrogens with one attached hydrogen (secondary N) is 1. The van der Waals surface area contributed by atoms with Crippen molar-refractivity contribution < 1.29 is 9.53 Å². The van der Waals surface area contributed by atoms with Crippen molar-refractivity contribution in [3.05, 3.63) is 56.7 Å². The molecule has 2 aromatic rings. The van der Waals surface area contributed by atoms with Crippen molar-refractivity contribution in [2.45, 2.75) is 0 Å². The Morgan fingerprint density at radius 1 is 1.22 bits per heavy atom. The van der Waals surface area contributed by atoms with Gasteiger partial charge in [0.1, 0.15) is 11.3 Å². The van der Waals surface area contributed by atoms with E-state index in [9.17, 15) is 14.4 Å².